The molecule has 3 aromatic rings. The van der Waals surface area contributed by atoms with Crippen molar-refractivity contribution < 1.29 is 9.90 Å². The monoisotopic (exact) mass is 350 g/mol. The van der Waals surface area contributed by atoms with Gasteiger partial charge in [-0.3, -0.25) is 19.4 Å². The first-order chi connectivity index (χ1) is 12.7. The van der Waals surface area contributed by atoms with Crippen LogP contribution in [0.1, 0.15) is 30.0 Å². The molecular weight excluding hydrogens is 328 g/mol. The van der Waals surface area contributed by atoms with Gasteiger partial charge in [-0.05, 0) is 42.5 Å². The molecular formula is C20H22N4O2. The molecule has 0 bridgehead atoms. The second-order valence-corrected chi connectivity index (χ2v) is 6.92. The van der Waals surface area contributed by atoms with Crippen LogP contribution in [0.2, 0.25) is 0 Å². The zero-order valence-electron chi connectivity index (χ0n) is 14.6. The van der Waals surface area contributed by atoms with Gasteiger partial charge < -0.3 is 5.11 Å². The SMILES string of the molecule is O=C(O)Cn1ccc(C2CCCN(Cc3cccc4cnccc34)C2)n1. The van der Waals surface area contributed by atoms with Crippen LogP contribution in [-0.4, -0.2) is 43.8 Å². The van der Waals surface area contributed by atoms with Crippen molar-refractivity contribution >= 4 is 16.7 Å². The minimum atomic E-state index is -0.865. The number of nitrogens with zero attached hydrogens (tertiary/aromatic N) is 4. The van der Waals surface area contributed by atoms with E-state index in [2.05, 4.69) is 39.2 Å². The van der Waals surface area contributed by atoms with E-state index in [1.54, 1.807) is 6.20 Å². The van der Waals surface area contributed by atoms with Crippen molar-refractivity contribution in [2.24, 2.45) is 0 Å². The Balaban J connectivity index is 1.48. The van der Waals surface area contributed by atoms with Gasteiger partial charge in [0.2, 0.25) is 0 Å². The second kappa shape index (κ2) is 7.25. The summed E-state index contributed by atoms with van der Waals surface area (Å²) in [4.78, 5) is 17.5. The Morgan fingerprint density at radius 1 is 1.27 bits per heavy atom. The molecule has 134 valence electrons. The Kier molecular flexibility index (Phi) is 4.67. The van der Waals surface area contributed by atoms with Gasteiger partial charge in [0, 0.05) is 43.0 Å². The summed E-state index contributed by atoms with van der Waals surface area (Å²) in [6.45, 7) is 2.85. The van der Waals surface area contributed by atoms with Crippen LogP contribution >= 0.6 is 0 Å². The number of rotatable bonds is 5. The number of aromatic nitrogens is 3. The summed E-state index contributed by atoms with van der Waals surface area (Å²) in [5.41, 5.74) is 2.32. The summed E-state index contributed by atoms with van der Waals surface area (Å²) in [6, 6.07) is 10.4. The van der Waals surface area contributed by atoms with Gasteiger partial charge in [0.15, 0.2) is 0 Å². The Hall–Kier alpha value is -2.73. The van der Waals surface area contributed by atoms with E-state index < -0.39 is 5.97 Å². The zero-order chi connectivity index (χ0) is 17.9. The number of likely N-dealkylation sites (tertiary alicyclic amines) is 1. The molecule has 2 aromatic heterocycles. The summed E-state index contributed by atoms with van der Waals surface area (Å²) in [5.74, 6) is -0.509. The molecule has 1 saturated heterocycles. The van der Waals surface area contributed by atoms with Crippen molar-refractivity contribution in [3.05, 3.63) is 60.2 Å². The maximum absolute atomic E-state index is 10.8. The second-order valence-electron chi connectivity index (χ2n) is 6.92. The molecule has 1 aliphatic rings. The van der Waals surface area contributed by atoms with Crippen LogP contribution in [0.3, 0.4) is 0 Å². The Morgan fingerprint density at radius 2 is 2.19 bits per heavy atom. The van der Waals surface area contributed by atoms with Gasteiger partial charge in [0.05, 0.1) is 5.69 Å². The van der Waals surface area contributed by atoms with Crippen LogP contribution in [0.4, 0.5) is 0 Å². The van der Waals surface area contributed by atoms with Crippen LogP contribution in [0.15, 0.2) is 48.9 Å². The molecule has 6 heteroatoms. The highest BCUT2D eigenvalue weighted by Crippen LogP contribution is 2.28. The molecule has 1 atom stereocenters. The molecule has 1 N–H and O–H groups in total. The quantitative estimate of drug-likeness (QED) is 0.766. The Morgan fingerprint density at radius 3 is 3.08 bits per heavy atom. The topological polar surface area (TPSA) is 71.2 Å². The van der Waals surface area contributed by atoms with E-state index >= 15 is 0 Å². The average Bonchev–Trinajstić information content (AvgIpc) is 3.10. The van der Waals surface area contributed by atoms with Gasteiger partial charge in [-0.15, -0.1) is 0 Å². The number of carbonyl (C=O) groups is 1. The molecule has 26 heavy (non-hydrogen) atoms. The van der Waals surface area contributed by atoms with Gasteiger partial charge in [-0.25, -0.2) is 0 Å². The average molecular weight is 350 g/mol. The van der Waals surface area contributed by atoms with Crippen LogP contribution < -0.4 is 0 Å². The fourth-order valence-electron chi connectivity index (χ4n) is 3.83. The summed E-state index contributed by atoms with van der Waals surface area (Å²) < 4.78 is 1.51. The molecule has 1 fully saturated rings. The van der Waals surface area contributed by atoms with Crippen LogP contribution in [0.5, 0.6) is 0 Å². The zero-order valence-corrected chi connectivity index (χ0v) is 14.6. The van der Waals surface area contributed by atoms with E-state index in [1.165, 1.54) is 21.0 Å². The van der Waals surface area contributed by atoms with E-state index in [-0.39, 0.29) is 6.54 Å². The summed E-state index contributed by atoms with van der Waals surface area (Å²) >= 11 is 0. The molecule has 1 aromatic carbocycles. The lowest BCUT2D eigenvalue weighted by atomic mass is 9.94. The largest absolute Gasteiger partial charge is 0.480 e. The molecule has 0 aliphatic carbocycles. The van der Waals surface area contributed by atoms with Gasteiger partial charge in [0.1, 0.15) is 6.54 Å². The molecule has 0 saturated carbocycles. The first kappa shape index (κ1) is 16.7. The van der Waals surface area contributed by atoms with Gasteiger partial charge in [0.25, 0.3) is 0 Å². The number of pyridine rings is 1. The van der Waals surface area contributed by atoms with Crippen molar-refractivity contribution in [3.63, 3.8) is 0 Å². The van der Waals surface area contributed by atoms with Crippen LogP contribution in [0, 0.1) is 0 Å². The van der Waals surface area contributed by atoms with Crippen LogP contribution in [0.25, 0.3) is 10.8 Å². The van der Waals surface area contributed by atoms with E-state index in [0.29, 0.717) is 5.92 Å². The van der Waals surface area contributed by atoms with Crippen molar-refractivity contribution in [1.82, 2.24) is 19.7 Å². The van der Waals surface area contributed by atoms with Crippen molar-refractivity contribution in [1.29, 1.82) is 0 Å². The molecule has 0 radical (unpaired) electrons. The third kappa shape index (κ3) is 3.60. The summed E-state index contributed by atoms with van der Waals surface area (Å²) in [7, 11) is 0. The molecule has 3 heterocycles. The number of carboxylic acid groups (broad SMARTS) is 1. The lowest BCUT2D eigenvalue weighted by molar-refractivity contribution is -0.137. The maximum Gasteiger partial charge on any atom is 0.325 e. The van der Waals surface area contributed by atoms with Gasteiger partial charge in [-0.1, -0.05) is 18.2 Å². The lowest BCUT2D eigenvalue weighted by Crippen LogP contribution is -2.34. The predicted octanol–water partition coefficient (Wildman–Crippen LogP) is 2.90. The number of benzene rings is 1. The smallest absolute Gasteiger partial charge is 0.325 e. The van der Waals surface area contributed by atoms with Gasteiger partial charge >= 0.3 is 5.97 Å². The van der Waals surface area contributed by atoms with E-state index in [1.807, 2.05) is 18.5 Å². The highest BCUT2D eigenvalue weighted by molar-refractivity contribution is 5.84. The summed E-state index contributed by atoms with van der Waals surface area (Å²) in [6.07, 6.45) is 7.75. The number of hydrogen-bond donors (Lipinski definition) is 1. The number of piperidine rings is 1. The molecule has 1 unspecified atom stereocenters. The first-order valence-electron chi connectivity index (χ1n) is 8.98. The molecule has 4 rings (SSSR count). The molecule has 1 aliphatic heterocycles. The number of fused-ring (bicyclic) bond motifs is 1. The Labute approximate surface area is 152 Å². The number of hydrogen-bond acceptors (Lipinski definition) is 4. The molecule has 0 spiro atoms. The third-order valence-electron chi connectivity index (χ3n) is 5.05. The maximum atomic E-state index is 10.8. The fraction of sp³-hybridized carbons (Fsp3) is 0.350. The number of carboxylic acids is 1. The van der Waals surface area contributed by atoms with E-state index in [9.17, 15) is 4.79 Å². The molecule has 6 nitrogen and oxygen atoms in total. The first-order valence-corrected chi connectivity index (χ1v) is 8.98. The van der Waals surface area contributed by atoms with Crippen molar-refractivity contribution in [2.45, 2.75) is 31.8 Å². The lowest BCUT2D eigenvalue weighted by Gasteiger charge is -2.32. The van der Waals surface area contributed by atoms with Crippen LogP contribution in [-0.2, 0) is 17.9 Å². The van der Waals surface area contributed by atoms with E-state index in [4.69, 9.17) is 5.11 Å². The summed E-state index contributed by atoms with van der Waals surface area (Å²) in [5, 5.41) is 15.8. The Bertz CT molecular complexity index is 916. The number of aliphatic carboxylic acids is 1. The van der Waals surface area contributed by atoms with E-state index in [0.717, 1.165) is 38.2 Å². The standard InChI is InChI=1S/C20H22N4O2/c25-20(26)14-24-10-7-19(22-24)17-5-2-9-23(13-17)12-16-4-1-3-15-11-21-8-6-18(15)16/h1,3-4,6-8,10-11,17H,2,5,9,12-14H2,(H,25,26). The van der Waals surface area contributed by atoms with Gasteiger partial charge in [-0.2, -0.15) is 5.10 Å². The highest BCUT2D eigenvalue weighted by Gasteiger charge is 2.23. The van der Waals surface area contributed by atoms with Crippen molar-refractivity contribution in [3.8, 4) is 0 Å². The minimum Gasteiger partial charge on any atom is -0.480 e. The third-order valence-corrected chi connectivity index (χ3v) is 5.05. The fourth-order valence-corrected chi connectivity index (χ4v) is 3.83. The predicted molar refractivity (Wildman–Crippen MR) is 98.9 cm³/mol. The molecule has 0 amide bonds. The van der Waals surface area contributed by atoms with Crippen molar-refractivity contribution in [2.75, 3.05) is 13.1 Å². The minimum absolute atomic E-state index is 0.0829. The normalized spacial score (nSPS) is 18.2. The highest BCUT2D eigenvalue weighted by atomic mass is 16.4.